The number of hydrogen-bond donors (Lipinski definition) is 0. The van der Waals surface area contributed by atoms with Gasteiger partial charge in [0.15, 0.2) is 0 Å². The van der Waals surface area contributed by atoms with Crippen molar-refractivity contribution in [2.45, 2.75) is 18.2 Å². The molecule has 0 saturated carbocycles. The Labute approximate surface area is 112 Å². The Kier molecular flexibility index (Phi) is 3.11. The molecular formula is C16H15NS. The summed E-state index contributed by atoms with van der Waals surface area (Å²) in [7, 11) is 0. The van der Waals surface area contributed by atoms with Gasteiger partial charge in [-0.15, -0.1) is 0 Å². The Balaban J connectivity index is 2.01. The van der Waals surface area contributed by atoms with Gasteiger partial charge in [0.25, 0.3) is 0 Å². The van der Waals surface area contributed by atoms with Crippen LogP contribution in [0.15, 0.2) is 65.7 Å². The summed E-state index contributed by atoms with van der Waals surface area (Å²) < 4.78 is 2.24. The molecule has 2 aromatic carbocycles. The van der Waals surface area contributed by atoms with Crippen molar-refractivity contribution in [1.82, 2.24) is 3.97 Å². The largest absolute Gasteiger partial charge is 0.287 e. The third kappa shape index (κ3) is 2.16. The molecule has 0 spiro atoms. The molecule has 1 nitrogen and oxygen atoms in total. The molecule has 90 valence electrons. The van der Waals surface area contributed by atoms with Crippen LogP contribution >= 0.6 is 11.9 Å². The van der Waals surface area contributed by atoms with Crippen molar-refractivity contribution in [2.24, 2.45) is 0 Å². The molecule has 2 heteroatoms. The van der Waals surface area contributed by atoms with Gasteiger partial charge >= 0.3 is 0 Å². The maximum Gasteiger partial charge on any atom is 0.0597 e. The fourth-order valence-electron chi connectivity index (χ4n) is 2.04. The molecule has 1 heterocycles. The molecule has 0 aliphatic carbocycles. The SMILES string of the molecule is CCc1ccc2ccn(Sc3ccccc3)c2c1. The van der Waals surface area contributed by atoms with Gasteiger partial charge in [0, 0.05) is 16.5 Å². The van der Waals surface area contributed by atoms with E-state index in [-0.39, 0.29) is 0 Å². The van der Waals surface area contributed by atoms with E-state index in [2.05, 4.69) is 65.6 Å². The van der Waals surface area contributed by atoms with Crippen LogP contribution in [0.3, 0.4) is 0 Å². The van der Waals surface area contributed by atoms with Gasteiger partial charge in [-0.1, -0.05) is 37.3 Å². The molecule has 0 N–H and O–H groups in total. The van der Waals surface area contributed by atoms with E-state index in [9.17, 15) is 0 Å². The zero-order valence-corrected chi connectivity index (χ0v) is 11.2. The fourth-order valence-corrected chi connectivity index (χ4v) is 2.93. The van der Waals surface area contributed by atoms with E-state index in [1.165, 1.54) is 21.4 Å². The lowest BCUT2D eigenvalue weighted by molar-refractivity contribution is 1.14. The highest BCUT2D eigenvalue weighted by Gasteiger charge is 2.03. The molecule has 0 bridgehead atoms. The summed E-state index contributed by atoms with van der Waals surface area (Å²) in [6.07, 6.45) is 3.22. The molecule has 0 aliphatic heterocycles. The highest BCUT2D eigenvalue weighted by atomic mass is 32.2. The lowest BCUT2D eigenvalue weighted by Crippen LogP contribution is -1.86. The van der Waals surface area contributed by atoms with Crippen LogP contribution in [0.1, 0.15) is 12.5 Å². The quantitative estimate of drug-likeness (QED) is 0.651. The first-order valence-electron chi connectivity index (χ1n) is 6.20. The summed E-state index contributed by atoms with van der Waals surface area (Å²) in [6, 6.07) is 19.3. The van der Waals surface area contributed by atoms with Crippen LogP contribution in [0.2, 0.25) is 0 Å². The van der Waals surface area contributed by atoms with Crippen molar-refractivity contribution in [2.75, 3.05) is 0 Å². The Hall–Kier alpha value is -1.67. The molecule has 3 aromatic rings. The molecule has 0 amide bonds. The third-order valence-electron chi connectivity index (χ3n) is 3.08. The number of benzene rings is 2. The summed E-state index contributed by atoms with van der Waals surface area (Å²) in [6.45, 7) is 2.19. The van der Waals surface area contributed by atoms with Gasteiger partial charge in [0.05, 0.1) is 5.52 Å². The second-order valence-electron chi connectivity index (χ2n) is 4.29. The van der Waals surface area contributed by atoms with Gasteiger partial charge in [-0.3, -0.25) is 3.97 Å². The maximum absolute atomic E-state index is 2.28. The summed E-state index contributed by atoms with van der Waals surface area (Å²) in [5, 5.41) is 1.30. The minimum atomic E-state index is 1.08. The summed E-state index contributed by atoms with van der Waals surface area (Å²) in [4.78, 5) is 1.26. The molecule has 3 rings (SSSR count). The summed E-state index contributed by atoms with van der Waals surface area (Å²) >= 11 is 1.76. The van der Waals surface area contributed by atoms with Gasteiger partial charge < -0.3 is 0 Å². The minimum Gasteiger partial charge on any atom is -0.287 e. The van der Waals surface area contributed by atoms with Crippen molar-refractivity contribution in [3.63, 3.8) is 0 Å². The van der Waals surface area contributed by atoms with E-state index in [4.69, 9.17) is 0 Å². The Morgan fingerprint density at radius 3 is 2.61 bits per heavy atom. The van der Waals surface area contributed by atoms with Crippen LogP contribution in [-0.2, 0) is 6.42 Å². The summed E-state index contributed by atoms with van der Waals surface area (Å²) in [5.41, 5.74) is 2.68. The average Bonchev–Trinajstić information content (AvgIpc) is 2.82. The number of hydrogen-bond acceptors (Lipinski definition) is 1. The monoisotopic (exact) mass is 253 g/mol. The standard InChI is InChI=1S/C16H15NS/c1-2-13-8-9-14-10-11-17(16(14)12-13)18-15-6-4-3-5-7-15/h3-12H,2H2,1H3. The number of rotatable bonds is 3. The molecule has 0 unspecified atom stereocenters. The zero-order valence-electron chi connectivity index (χ0n) is 10.3. The second kappa shape index (κ2) is 4.91. The lowest BCUT2D eigenvalue weighted by atomic mass is 10.1. The number of nitrogens with zero attached hydrogens (tertiary/aromatic N) is 1. The second-order valence-corrected chi connectivity index (χ2v) is 5.34. The maximum atomic E-state index is 2.28. The van der Waals surface area contributed by atoms with Gasteiger partial charge in [-0.05, 0) is 48.2 Å². The molecule has 0 aliphatic rings. The van der Waals surface area contributed by atoms with Gasteiger partial charge in [0.2, 0.25) is 0 Å². The van der Waals surface area contributed by atoms with Crippen LogP contribution in [0.4, 0.5) is 0 Å². The minimum absolute atomic E-state index is 1.08. The van der Waals surface area contributed by atoms with Crippen LogP contribution in [0.5, 0.6) is 0 Å². The highest BCUT2D eigenvalue weighted by Crippen LogP contribution is 2.27. The van der Waals surface area contributed by atoms with Gasteiger partial charge in [-0.25, -0.2) is 0 Å². The van der Waals surface area contributed by atoms with E-state index >= 15 is 0 Å². The van der Waals surface area contributed by atoms with E-state index in [1.807, 2.05) is 6.07 Å². The molecule has 0 fully saturated rings. The average molecular weight is 253 g/mol. The van der Waals surface area contributed by atoms with Crippen LogP contribution in [-0.4, -0.2) is 3.97 Å². The fraction of sp³-hybridized carbons (Fsp3) is 0.125. The first-order chi connectivity index (χ1) is 8.86. The number of fused-ring (bicyclic) bond motifs is 1. The Morgan fingerprint density at radius 1 is 1.00 bits per heavy atom. The van der Waals surface area contributed by atoms with Crippen LogP contribution in [0.25, 0.3) is 10.9 Å². The topological polar surface area (TPSA) is 4.93 Å². The molecule has 18 heavy (non-hydrogen) atoms. The number of aryl methyl sites for hydroxylation is 1. The van der Waals surface area contributed by atoms with E-state index in [1.54, 1.807) is 11.9 Å². The number of aromatic nitrogens is 1. The van der Waals surface area contributed by atoms with Crippen molar-refractivity contribution >= 4 is 22.9 Å². The zero-order chi connectivity index (χ0) is 12.4. The normalized spacial score (nSPS) is 10.9. The molecule has 0 radical (unpaired) electrons. The van der Waals surface area contributed by atoms with E-state index in [0.29, 0.717) is 0 Å². The van der Waals surface area contributed by atoms with E-state index in [0.717, 1.165) is 6.42 Å². The summed E-state index contributed by atoms with van der Waals surface area (Å²) in [5.74, 6) is 0. The van der Waals surface area contributed by atoms with E-state index < -0.39 is 0 Å². The highest BCUT2D eigenvalue weighted by molar-refractivity contribution is 7.98. The van der Waals surface area contributed by atoms with Crippen LogP contribution < -0.4 is 0 Å². The van der Waals surface area contributed by atoms with Crippen molar-refractivity contribution < 1.29 is 0 Å². The van der Waals surface area contributed by atoms with Crippen LogP contribution in [0, 0.1) is 0 Å². The van der Waals surface area contributed by atoms with Crippen molar-refractivity contribution in [3.8, 4) is 0 Å². The smallest absolute Gasteiger partial charge is 0.0597 e. The molecule has 0 atom stereocenters. The first kappa shape index (κ1) is 11.4. The first-order valence-corrected chi connectivity index (χ1v) is 6.97. The van der Waals surface area contributed by atoms with Crippen molar-refractivity contribution in [1.29, 1.82) is 0 Å². The lowest BCUT2D eigenvalue weighted by Gasteiger charge is -2.05. The third-order valence-corrected chi connectivity index (χ3v) is 4.08. The Bertz CT molecular complexity index is 655. The Morgan fingerprint density at radius 2 is 1.83 bits per heavy atom. The molecule has 0 saturated heterocycles. The van der Waals surface area contributed by atoms with Crippen molar-refractivity contribution in [3.05, 3.63) is 66.4 Å². The molecule has 1 aromatic heterocycles. The van der Waals surface area contributed by atoms with Gasteiger partial charge in [0.1, 0.15) is 0 Å². The van der Waals surface area contributed by atoms with Gasteiger partial charge in [-0.2, -0.15) is 0 Å². The predicted octanol–water partition coefficient (Wildman–Crippen LogP) is 4.76. The predicted molar refractivity (Wildman–Crippen MR) is 79.0 cm³/mol. The molecular weight excluding hydrogens is 238 g/mol.